The lowest BCUT2D eigenvalue weighted by Gasteiger charge is -2.48. The standard InChI is InChI=1S/C16H29N3O2/c1-10-15(21)18-14(20)9-19(10)13-7-12(16(2,3)4)6-5-11(13)8-17/h10-13H,5-9,17H2,1-4H3,(H,18,20,21). The summed E-state index contributed by atoms with van der Waals surface area (Å²) in [5.74, 6) is 0.619. The van der Waals surface area contributed by atoms with Crippen LogP contribution in [0.2, 0.25) is 0 Å². The summed E-state index contributed by atoms with van der Waals surface area (Å²) in [5.41, 5.74) is 6.21. The Morgan fingerprint density at radius 2 is 1.95 bits per heavy atom. The largest absolute Gasteiger partial charge is 0.330 e. The van der Waals surface area contributed by atoms with Gasteiger partial charge in [0.15, 0.2) is 0 Å². The molecule has 0 aromatic carbocycles. The van der Waals surface area contributed by atoms with Crippen LogP contribution in [-0.2, 0) is 9.59 Å². The number of imide groups is 1. The number of carbonyl (C=O) groups is 2. The highest BCUT2D eigenvalue weighted by molar-refractivity contribution is 6.00. The summed E-state index contributed by atoms with van der Waals surface area (Å²) in [7, 11) is 0. The molecule has 1 aliphatic carbocycles. The van der Waals surface area contributed by atoms with Crippen LogP contribution in [0.5, 0.6) is 0 Å². The first-order valence-electron chi connectivity index (χ1n) is 8.03. The Morgan fingerprint density at radius 1 is 1.29 bits per heavy atom. The molecule has 3 N–H and O–H groups in total. The topological polar surface area (TPSA) is 75.4 Å². The second-order valence-electron chi connectivity index (χ2n) is 7.70. The fourth-order valence-electron chi connectivity index (χ4n) is 3.82. The fraction of sp³-hybridized carbons (Fsp3) is 0.875. The van der Waals surface area contributed by atoms with Crippen molar-refractivity contribution in [2.75, 3.05) is 13.1 Å². The molecular formula is C16H29N3O2. The summed E-state index contributed by atoms with van der Waals surface area (Å²) in [6.07, 6.45) is 3.29. The first-order valence-corrected chi connectivity index (χ1v) is 8.03. The highest BCUT2D eigenvalue weighted by Gasteiger charge is 2.42. The Morgan fingerprint density at radius 3 is 2.52 bits per heavy atom. The summed E-state index contributed by atoms with van der Waals surface area (Å²) in [5, 5.41) is 2.42. The van der Waals surface area contributed by atoms with Gasteiger partial charge >= 0.3 is 0 Å². The van der Waals surface area contributed by atoms with Crippen LogP contribution in [0.1, 0.15) is 47.0 Å². The molecule has 0 aromatic heterocycles. The Labute approximate surface area is 127 Å². The van der Waals surface area contributed by atoms with Crippen LogP contribution in [0.15, 0.2) is 0 Å². The van der Waals surface area contributed by atoms with Crippen LogP contribution >= 0.6 is 0 Å². The zero-order chi connectivity index (χ0) is 15.8. The summed E-state index contributed by atoms with van der Waals surface area (Å²) in [4.78, 5) is 25.7. The third kappa shape index (κ3) is 3.46. The van der Waals surface area contributed by atoms with Crippen molar-refractivity contribution in [3.8, 4) is 0 Å². The molecule has 0 radical (unpaired) electrons. The van der Waals surface area contributed by atoms with Crippen LogP contribution in [-0.4, -0.2) is 41.9 Å². The lowest BCUT2D eigenvalue weighted by Crippen LogP contribution is -2.62. The molecule has 2 rings (SSSR count). The van der Waals surface area contributed by atoms with Crippen LogP contribution in [0.4, 0.5) is 0 Å². The molecule has 4 unspecified atom stereocenters. The Hall–Kier alpha value is -0.940. The van der Waals surface area contributed by atoms with Crippen molar-refractivity contribution in [1.82, 2.24) is 10.2 Å². The molecule has 2 fully saturated rings. The molecule has 21 heavy (non-hydrogen) atoms. The van der Waals surface area contributed by atoms with E-state index in [0.717, 1.165) is 12.8 Å². The van der Waals surface area contributed by atoms with E-state index >= 15 is 0 Å². The maximum Gasteiger partial charge on any atom is 0.243 e. The monoisotopic (exact) mass is 295 g/mol. The molecule has 0 aromatic rings. The number of nitrogens with one attached hydrogen (secondary N) is 1. The smallest absolute Gasteiger partial charge is 0.243 e. The van der Waals surface area contributed by atoms with Gasteiger partial charge in [0, 0.05) is 6.04 Å². The van der Waals surface area contributed by atoms with Gasteiger partial charge in [-0.3, -0.25) is 19.8 Å². The van der Waals surface area contributed by atoms with Crippen LogP contribution in [0, 0.1) is 17.3 Å². The van der Waals surface area contributed by atoms with Crippen LogP contribution < -0.4 is 11.1 Å². The highest BCUT2D eigenvalue weighted by Crippen LogP contribution is 2.42. The molecule has 120 valence electrons. The third-order valence-corrected chi connectivity index (χ3v) is 5.38. The second-order valence-corrected chi connectivity index (χ2v) is 7.70. The predicted octanol–water partition coefficient (Wildman–Crippen LogP) is 1.12. The lowest BCUT2D eigenvalue weighted by atomic mass is 9.67. The van der Waals surface area contributed by atoms with Gasteiger partial charge in [0.05, 0.1) is 12.6 Å². The van der Waals surface area contributed by atoms with Crippen LogP contribution in [0.25, 0.3) is 0 Å². The molecule has 1 heterocycles. The van der Waals surface area contributed by atoms with Gasteiger partial charge < -0.3 is 5.73 Å². The predicted molar refractivity (Wildman–Crippen MR) is 82.4 cm³/mol. The van der Waals surface area contributed by atoms with Gasteiger partial charge in [0.1, 0.15) is 0 Å². The molecule has 5 nitrogen and oxygen atoms in total. The number of piperazine rings is 1. The normalized spacial score (nSPS) is 35.7. The highest BCUT2D eigenvalue weighted by atomic mass is 16.2. The fourth-order valence-corrected chi connectivity index (χ4v) is 3.82. The van der Waals surface area contributed by atoms with Crippen molar-refractivity contribution >= 4 is 11.8 Å². The number of carbonyl (C=O) groups excluding carboxylic acids is 2. The van der Waals surface area contributed by atoms with Crippen molar-refractivity contribution in [3.63, 3.8) is 0 Å². The number of rotatable bonds is 2. The van der Waals surface area contributed by atoms with Gasteiger partial charge in [-0.05, 0) is 50.0 Å². The number of nitrogens with zero attached hydrogens (tertiary/aromatic N) is 1. The SMILES string of the molecule is CC1C(=O)NC(=O)CN1C1CC(C(C)(C)C)CCC1CN. The molecule has 1 saturated heterocycles. The van der Waals surface area contributed by atoms with E-state index in [1.54, 1.807) is 0 Å². The van der Waals surface area contributed by atoms with Crippen LogP contribution in [0.3, 0.4) is 0 Å². The van der Waals surface area contributed by atoms with E-state index in [4.69, 9.17) is 5.73 Å². The summed E-state index contributed by atoms with van der Waals surface area (Å²) in [6.45, 7) is 9.64. The van der Waals surface area contributed by atoms with Crippen molar-refractivity contribution in [1.29, 1.82) is 0 Å². The van der Waals surface area contributed by atoms with E-state index < -0.39 is 0 Å². The molecule has 0 bridgehead atoms. The van der Waals surface area contributed by atoms with Gasteiger partial charge in [-0.2, -0.15) is 0 Å². The summed E-state index contributed by atoms with van der Waals surface area (Å²) < 4.78 is 0. The molecular weight excluding hydrogens is 266 g/mol. The molecule has 1 aliphatic heterocycles. The first kappa shape index (κ1) is 16.4. The maximum atomic E-state index is 11.9. The van der Waals surface area contributed by atoms with Gasteiger partial charge in [0.2, 0.25) is 11.8 Å². The van der Waals surface area contributed by atoms with Crippen molar-refractivity contribution in [2.45, 2.75) is 59.0 Å². The van der Waals surface area contributed by atoms with Crippen molar-refractivity contribution in [3.05, 3.63) is 0 Å². The summed E-state index contributed by atoms with van der Waals surface area (Å²) in [6, 6.07) is -0.0153. The number of hydrogen-bond acceptors (Lipinski definition) is 4. The number of amides is 2. The number of hydrogen-bond donors (Lipinski definition) is 2. The molecule has 1 saturated carbocycles. The van der Waals surface area contributed by atoms with E-state index in [1.165, 1.54) is 6.42 Å². The van der Waals surface area contributed by atoms with E-state index in [0.29, 0.717) is 24.9 Å². The molecule has 0 spiro atoms. The second kappa shape index (κ2) is 6.05. The quantitative estimate of drug-likeness (QED) is 0.749. The Bertz CT molecular complexity index is 416. The minimum Gasteiger partial charge on any atom is -0.330 e. The summed E-state index contributed by atoms with van der Waals surface area (Å²) >= 11 is 0. The molecule has 4 atom stereocenters. The average molecular weight is 295 g/mol. The minimum absolute atomic E-state index is 0.181. The van der Waals surface area contributed by atoms with Gasteiger partial charge in [0.25, 0.3) is 0 Å². The minimum atomic E-state index is -0.250. The zero-order valence-electron chi connectivity index (χ0n) is 13.7. The van der Waals surface area contributed by atoms with Crippen molar-refractivity contribution < 1.29 is 9.59 Å². The zero-order valence-corrected chi connectivity index (χ0v) is 13.7. The van der Waals surface area contributed by atoms with E-state index in [2.05, 4.69) is 31.0 Å². The van der Waals surface area contributed by atoms with E-state index in [9.17, 15) is 9.59 Å². The van der Waals surface area contributed by atoms with E-state index in [-0.39, 0.29) is 29.3 Å². The lowest BCUT2D eigenvalue weighted by molar-refractivity contribution is -0.142. The first-order chi connectivity index (χ1) is 9.74. The average Bonchev–Trinajstić information content (AvgIpc) is 2.41. The molecule has 5 heteroatoms. The van der Waals surface area contributed by atoms with Gasteiger partial charge in [-0.15, -0.1) is 0 Å². The van der Waals surface area contributed by atoms with Gasteiger partial charge in [-0.25, -0.2) is 0 Å². The third-order valence-electron chi connectivity index (χ3n) is 5.38. The van der Waals surface area contributed by atoms with E-state index in [1.807, 2.05) is 6.92 Å². The maximum absolute atomic E-state index is 11.9. The molecule has 2 amide bonds. The molecule has 2 aliphatic rings. The number of nitrogens with two attached hydrogens (primary N) is 1. The Kier molecular flexibility index (Phi) is 4.73. The van der Waals surface area contributed by atoms with Crippen molar-refractivity contribution in [2.24, 2.45) is 23.0 Å². The van der Waals surface area contributed by atoms with Gasteiger partial charge in [-0.1, -0.05) is 20.8 Å². The Balaban J connectivity index is 2.20.